The second-order valence-electron chi connectivity index (χ2n) is 12.5. The van der Waals surface area contributed by atoms with Crippen LogP contribution in [0.1, 0.15) is 69.8 Å². The average molecular weight is 506 g/mol. The van der Waals surface area contributed by atoms with Gasteiger partial charge in [-0.05, 0) is 90.0 Å². The highest BCUT2D eigenvalue weighted by Crippen LogP contribution is 2.69. The minimum Gasteiger partial charge on any atom is -0.359 e. The molecule has 1 saturated heterocycles. The first-order chi connectivity index (χ1) is 17.1. The lowest BCUT2D eigenvalue weighted by atomic mass is 9.58. The van der Waals surface area contributed by atoms with Crippen LogP contribution in [0, 0.1) is 11.3 Å². The normalized spacial score (nSPS) is 40.1. The third-order valence-corrected chi connectivity index (χ3v) is 12.4. The first-order valence-corrected chi connectivity index (χ1v) is 15.5. The number of pyridine rings is 1. The number of hydrogen-bond acceptors (Lipinski definition) is 4. The maximum Gasteiger partial charge on any atom is 0.292 e. The van der Waals surface area contributed by atoms with Crippen molar-refractivity contribution in [1.82, 2.24) is 4.98 Å². The number of nitrogens with zero attached hydrogens (tertiary/aromatic N) is 1. The Morgan fingerprint density at radius 1 is 1.11 bits per heavy atom. The molecule has 2 saturated carbocycles. The fourth-order valence-electron chi connectivity index (χ4n) is 8.93. The number of allylic oxidation sites excluding steroid dienone is 1. The van der Waals surface area contributed by atoms with E-state index in [-0.39, 0.29) is 22.7 Å². The number of sulfonamides is 1. The summed E-state index contributed by atoms with van der Waals surface area (Å²) in [5.41, 5.74) is 3.92. The molecule has 3 heterocycles. The zero-order chi connectivity index (χ0) is 24.9. The molecule has 4 unspecified atom stereocenters. The number of benzene rings is 1. The molecule has 1 aromatic heterocycles. The van der Waals surface area contributed by atoms with E-state index in [4.69, 9.17) is 4.74 Å². The Morgan fingerprint density at radius 3 is 2.81 bits per heavy atom. The van der Waals surface area contributed by atoms with Crippen molar-refractivity contribution in [1.29, 1.82) is 0 Å². The van der Waals surface area contributed by atoms with Crippen LogP contribution in [0.25, 0.3) is 10.8 Å². The van der Waals surface area contributed by atoms with Gasteiger partial charge in [0.15, 0.2) is 0 Å². The molecule has 1 aromatic carbocycles. The van der Waals surface area contributed by atoms with Crippen molar-refractivity contribution in [3.05, 3.63) is 65.5 Å². The van der Waals surface area contributed by atoms with E-state index in [1.807, 2.05) is 19.4 Å². The van der Waals surface area contributed by atoms with Gasteiger partial charge in [-0.1, -0.05) is 31.2 Å². The Bertz CT molecular complexity index is 1430. The molecular formula is C30H37N2O3S+. The maximum absolute atomic E-state index is 12.4. The standard InChI is InChI=1S/C30H36N2O3S/c1-28-12-10-24-17-23-6-7-25(32(2)36(3,33)34)18-29(23)13-14-30(24,35-29)27(28)9-8-26(28)21-5-4-20-11-15-31-19-22(20)16-21/h4-5,10-11,15-17,19,25-27H,6-9,12-14,18H2,1-3H3/p+1/t25?,26?,27-,28?,29-,30-/m1/s1. The molecule has 2 spiro atoms. The summed E-state index contributed by atoms with van der Waals surface area (Å²) in [5.74, 6) is 0.988. The Kier molecular flexibility index (Phi) is 4.83. The van der Waals surface area contributed by atoms with Gasteiger partial charge in [0.25, 0.3) is 10.0 Å². The van der Waals surface area contributed by atoms with Crippen molar-refractivity contribution in [2.45, 2.75) is 81.5 Å². The molecule has 5 aliphatic rings. The molecule has 7 atom stereocenters. The van der Waals surface area contributed by atoms with Gasteiger partial charge in [-0.25, -0.2) is 4.31 Å². The molecule has 36 heavy (non-hydrogen) atoms. The number of nitrogens with one attached hydrogen (secondary N) is 1. The number of rotatable bonds is 3. The first-order valence-electron chi connectivity index (χ1n) is 13.6. The maximum atomic E-state index is 12.4. The van der Waals surface area contributed by atoms with Gasteiger partial charge < -0.3 is 4.74 Å². The Labute approximate surface area is 214 Å². The first kappa shape index (κ1) is 23.1. The van der Waals surface area contributed by atoms with Crippen molar-refractivity contribution in [2.75, 3.05) is 13.3 Å². The Hall–Kier alpha value is -2.02. The van der Waals surface area contributed by atoms with Crippen LogP contribution < -0.4 is 4.31 Å². The number of quaternary nitrogens is 1. The zero-order valence-electron chi connectivity index (χ0n) is 21.6. The lowest BCUT2D eigenvalue weighted by Gasteiger charge is -2.54. The summed E-state index contributed by atoms with van der Waals surface area (Å²) in [4.78, 5) is 4.36. The summed E-state index contributed by atoms with van der Waals surface area (Å²) in [6.45, 7) is 2.50. The fraction of sp³-hybridized carbons (Fsp3) is 0.567. The molecule has 0 radical (unpaired) electrons. The fourth-order valence-corrected chi connectivity index (χ4v) is 9.73. The minimum atomic E-state index is -3.14. The molecule has 3 aliphatic carbocycles. The molecule has 0 amide bonds. The lowest BCUT2D eigenvalue weighted by Crippen LogP contribution is -3.15. The summed E-state index contributed by atoms with van der Waals surface area (Å²) in [7, 11) is -1.32. The van der Waals surface area contributed by atoms with Crippen LogP contribution in [0.3, 0.4) is 0 Å². The molecule has 2 aliphatic heterocycles. The van der Waals surface area contributed by atoms with E-state index in [0.717, 1.165) is 38.5 Å². The molecule has 5 nitrogen and oxygen atoms in total. The molecule has 6 heteroatoms. The van der Waals surface area contributed by atoms with Crippen LogP contribution in [0.4, 0.5) is 0 Å². The quantitative estimate of drug-likeness (QED) is 0.675. The highest BCUT2D eigenvalue weighted by Gasteiger charge is 2.67. The van der Waals surface area contributed by atoms with Gasteiger partial charge in [-0.2, -0.15) is 8.42 Å². The lowest BCUT2D eigenvalue weighted by molar-refractivity contribution is -0.777. The van der Waals surface area contributed by atoms with Crippen LogP contribution in [0.2, 0.25) is 0 Å². The van der Waals surface area contributed by atoms with Crippen molar-refractivity contribution >= 4 is 20.8 Å². The van der Waals surface area contributed by atoms with E-state index in [9.17, 15) is 8.42 Å². The van der Waals surface area contributed by atoms with Crippen molar-refractivity contribution < 1.29 is 17.5 Å². The third kappa shape index (κ3) is 3.07. The van der Waals surface area contributed by atoms with E-state index < -0.39 is 10.0 Å². The summed E-state index contributed by atoms with van der Waals surface area (Å²) in [6.07, 6.45) is 18.4. The van der Waals surface area contributed by atoms with Crippen molar-refractivity contribution in [2.24, 2.45) is 11.3 Å². The molecule has 2 bridgehead atoms. The van der Waals surface area contributed by atoms with Gasteiger partial charge in [0.05, 0.1) is 24.5 Å². The van der Waals surface area contributed by atoms with E-state index in [1.54, 1.807) is 0 Å². The number of ether oxygens (including phenoxy) is 1. The molecule has 1 N–H and O–H groups in total. The second-order valence-corrected chi connectivity index (χ2v) is 14.7. The molecular weight excluding hydrogens is 468 g/mol. The monoisotopic (exact) mass is 505 g/mol. The molecule has 3 fully saturated rings. The van der Waals surface area contributed by atoms with E-state index in [1.165, 1.54) is 46.6 Å². The number of aromatic nitrogens is 1. The van der Waals surface area contributed by atoms with E-state index >= 15 is 0 Å². The summed E-state index contributed by atoms with van der Waals surface area (Å²) < 4.78 is 32.7. The highest BCUT2D eigenvalue weighted by atomic mass is 32.2. The van der Waals surface area contributed by atoms with Crippen LogP contribution in [0.5, 0.6) is 0 Å². The summed E-state index contributed by atoms with van der Waals surface area (Å²) >= 11 is 0. The number of fused-ring (bicyclic) bond motifs is 2. The zero-order valence-corrected chi connectivity index (χ0v) is 22.4. The Morgan fingerprint density at radius 2 is 1.97 bits per heavy atom. The van der Waals surface area contributed by atoms with Gasteiger partial charge in [-0.15, -0.1) is 0 Å². The van der Waals surface area contributed by atoms with Crippen LogP contribution in [-0.4, -0.2) is 43.9 Å². The highest BCUT2D eigenvalue weighted by molar-refractivity contribution is 7.84. The Balaban J connectivity index is 1.25. The second kappa shape index (κ2) is 7.52. The van der Waals surface area contributed by atoms with Gasteiger partial charge in [0.2, 0.25) is 0 Å². The predicted octanol–water partition coefficient (Wildman–Crippen LogP) is 4.32. The molecule has 190 valence electrons. The van der Waals surface area contributed by atoms with E-state index in [0.29, 0.717) is 16.1 Å². The van der Waals surface area contributed by atoms with Crippen molar-refractivity contribution in [3.63, 3.8) is 0 Å². The average Bonchev–Trinajstić information content (AvgIpc) is 3.37. The van der Waals surface area contributed by atoms with Crippen molar-refractivity contribution in [3.8, 4) is 0 Å². The smallest absolute Gasteiger partial charge is 0.292 e. The van der Waals surface area contributed by atoms with Gasteiger partial charge >= 0.3 is 0 Å². The van der Waals surface area contributed by atoms with Gasteiger partial charge in [0.1, 0.15) is 6.04 Å². The van der Waals surface area contributed by atoms with Gasteiger partial charge in [-0.3, -0.25) is 4.98 Å². The summed E-state index contributed by atoms with van der Waals surface area (Å²) in [6, 6.07) is 9.14. The third-order valence-electron chi connectivity index (χ3n) is 10.9. The summed E-state index contributed by atoms with van der Waals surface area (Å²) in [5, 5.41) is 2.47. The molecule has 7 rings (SSSR count). The molecule has 2 aromatic rings. The number of hydrogen-bond donors (Lipinski definition) is 1. The predicted molar refractivity (Wildman–Crippen MR) is 141 cm³/mol. The largest absolute Gasteiger partial charge is 0.359 e. The minimum absolute atomic E-state index is 0.0929. The SMILES string of the molecule is C[NH+](C1CCC2=CC3=CCC4(C)C(c5ccc6ccncc6c5)CC[C@H]4[C@@]34CC[C@]2(C1)O4)S(C)(=O)=O. The van der Waals surface area contributed by atoms with Crippen LogP contribution in [-0.2, 0) is 14.8 Å². The topological polar surface area (TPSA) is 60.7 Å². The van der Waals surface area contributed by atoms with Gasteiger partial charge in [0, 0.05) is 30.6 Å². The van der Waals surface area contributed by atoms with E-state index in [2.05, 4.69) is 48.3 Å². The van der Waals surface area contributed by atoms with Crippen LogP contribution >= 0.6 is 0 Å². The van der Waals surface area contributed by atoms with Crippen LogP contribution in [0.15, 0.2) is 60.0 Å².